The molecule has 90 valence electrons. The molecule has 2 rings (SSSR count). The average Bonchev–Trinajstić information content (AvgIpc) is 2.26. The number of benzene rings is 1. The van der Waals surface area contributed by atoms with Crippen molar-refractivity contribution in [3.63, 3.8) is 0 Å². The van der Waals surface area contributed by atoms with Crippen LogP contribution >= 0.6 is 0 Å². The molecule has 0 bridgehead atoms. The predicted molar refractivity (Wildman–Crippen MR) is 60.0 cm³/mol. The number of nitrogens with zero attached hydrogens (tertiary/aromatic N) is 1. The van der Waals surface area contributed by atoms with Gasteiger partial charge >= 0.3 is 0 Å². The molecule has 0 unspecified atom stereocenters. The molecule has 0 radical (unpaired) electrons. The third kappa shape index (κ3) is 1.92. The van der Waals surface area contributed by atoms with Gasteiger partial charge in [-0.25, -0.2) is 18.2 Å². The summed E-state index contributed by atoms with van der Waals surface area (Å²) in [5.41, 5.74) is 5.98. The van der Waals surface area contributed by atoms with Crippen LogP contribution in [-0.2, 0) is 6.42 Å². The fourth-order valence-electron chi connectivity index (χ4n) is 1.77. The maximum absolute atomic E-state index is 13.5. The molecule has 2 nitrogen and oxygen atoms in total. The molecular formula is C12H11F3N2. The van der Waals surface area contributed by atoms with E-state index in [1.807, 2.05) is 6.92 Å². The molecule has 2 aromatic rings. The second kappa shape index (κ2) is 4.24. The number of hydrogen-bond donors (Lipinski definition) is 1. The Bertz CT molecular complexity index is 582. The van der Waals surface area contributed by atoms with E-state index in [0.717, 1.165) is 6.42 Å². The highest BCUT2D eigenvalue weighted by molar-refractivity contribution is 5.91. The Kier molecular flexibility index (Phi) is 2.92. The first-order valence-corrected chi connectivity index (χ1v) is 5.27. The number of pyridine rings is 1. The van der Waals surface area contributed by atoms with E-state index in [1.54, 1.807) is 0 Å². The molecule has 0 aliphatic heterocycles. The van der Waals surface area contributed by atoms with Gasteiger partial charge < -0.3 is 5.73 Å². The van der Waals surface area contributed by atoms with Crippen molar-refractivity contribution in [3.05, 3.63) is 35.3 Å². The second-order valence-electron chi connectivity index (χ2n) is 3.83. The van der Waals surface area contributed by atoms with Crippen LogP contribution in [0.25, 0.3) is 10.9 Å². The molecule has 2 N–H and O–H groups in total. The van der Waals surface area contributed by atoms with E-state index >= 15 is 0 Å². The Labute approximate surface area is 96.3 Å². The van der Waals surface area contributed by atoms with Crippen LogP contribution in [0.1, 0.15) is 19.0 Å². The molecule has 1 heterocycles. The van der Waals surface area contributed by atoms with Crippen molar-refractivity contribution in [2.45, 2.75) is 19.8 Å². The Balaban J connectivity index is 2.81. The summed E-state index contributed by atoms with van der Waals surface area (Å²) >= 11 is 0. The summed E-state index contributed by atoms with van der Waals surface area (Å²) in [5.74, 6) is -3.32. The van der Waals surface area contributed by atoms with Gasteiger partial charge in [0.05, 0.1) is 5.39 Å². The highest BCUT2D eigenvalue weighted by atomic mass is 19.2. The zero-order valence-corrected chi connectivity index (χ0v) is 9.23. The molecule has 1 aromatic carbocycles. The zero-order chi connectivity index (χ0) is 12.6. The summed E-state index contributed by atoms with van der Waals surface area (Å²) in [6.07, 6.45) is 1.42. The van der Waals surface area contributed by atoms with E-state index in [1.165, 1.54) is 6.07 Å². The largest absolute Gasteiger partial charge is 0.398 e. The van der Waals surface area contributed by atoms with Crippen LogP contribution < -0.4 is 5.73 Å². The van der Waals surface area contributed by atoms with Gasteiger partial charge in [-0.1, -0.05) is 13.3 Å². The lowest BCUT2D eigenvalue weighted by Gasteiger charge is -2.08. The quantitative estimate of drug-likeness (QED) is 0.819. The normalized spacial score (nSPS) is 11.1. The summed E-state index contributed by atoms with van der Waals surface area (Å²) in [6, 6.07) is 1.94. The maximum Gasteiger partial charge on any atom is 0.170 e. The monoisotopic (exact) mass is 240 g/mol. The minimum atomic E-state index is -1.26. The Morgan fingerprint density at radius 1 is 1.18 bits per heavy atom. The van der Waals surface area contributed by atoms with Crippen LogP contribution in [0.3, 0.4) is 0 Å². The van der Waals surface area contributed by atoms with Crippen LogP contribution in [0.2, 0.25) is 0 Å². The van der Waals surface area contributed by atoms with Gasteiger partial charge in [0, 0.05) is 17.4 Å². The maximum atomic E-state index is 13.5. The summed E-state index contributed by atoms with van der Waals surface area (Å²) in [5, 5.41) is -0.289. The van der Waals surface area contributed by atoms with Crippen LogP contribution in [-0.4, -0.2) is 4.98 Å². The van der Waals surface area contributed by atoms with Crippen molar-refractivity contribution < 1.29 is 13.2 Å². The number of fused-ring (bicyclic) bond motifs is 1. The fourth-order valence-corrected chi connectivity index (χ4v) is 1.77. The SMILES string of the molecule is CCCc1cc(N)c2c(F)c(F)cc(F)c2n1. The van der Waals surface area contributed by atoms with E-state index in [2.05, 4.69) is 4.98 Å². The molecular weight excluding hydrogens is 229 g/mol. The van der Waals surface area contributed by atoms with Gasteiger partial charge in [-0.05, 0) is 12.5 Å². The van der Waals surface area contributed by atoms with E-state index < -0.39 is 17.5 Å². The number of aryl methyl sites for hydroxylation is 1. The molecule has 0 aliphatic rings. The average molecular weight is 240 g/mol. The minimum absolute atomic E-state index is 0.00866. The summed E-state index contributed by atoms with van der Waals surface area (Å²) in [7, 11) is 0. The molecule has 0 saturated carbocycles. The van der Waals surface area contributed by atoms with E-state index in [-0.39, 0.29) is 16.6 Å². The molecule has 1 aromatic heterocycles. The summed E-state index contributed by atoms with van der Waals surface area (Å²) in [4.78, 5) is 3.97. The van der Waals surface area contributed by atoms with Crippen molar-refractivity contribution in [3.8, 4) is 0 Å². The molecule has 0 saturated heterocycles. The lowest BCUT2D eigenvalue weighted by Crippen LogP contribution is -2.01. The molecule has 0 fully saturated rings. The van der Waals surface area contributed by atoms with Gasteiger partial charge in [-0.2, -0.15) is 0 Å². The molecule has 5 heteroatoms. The van der Waals surface area contributed by atoms with Gasteiger partial charge in [-0.15, -0.1) is 0 Å². The van der Waals surface area contributed by atoms with Crippen molar-refractivity contribution in [2.24, 2.45) is 0 Å². The smallest absolute Gasteiger partial charge is 0.170 e. The standard InChI is InChI=1S/C12H11F3N2/c1-2-3-6-4-9(16)10-11(15)7(13)5-8(14)12(10)17-6/h4-5H,2-3H2,1H3,(H2,16,17). The lowest BCUT2D eigenvalue weighted by molar-refractivity contribution is 0.505. The number of rotatable bonds is 2. The van der Waals surface area contributed by atoms with Gasteiger partial charge in [0.25, 0.3) is 0 Å². The number of hydrogen-bond acceptors (Lipinski definition) is 2. The number of anilines is 1. The van der Waals surface area contributed by atoms with Gasteiger partial charge in [0.1, 0.15) is 5.52 Å². The van der Waals surface area contributed by atoms with Crippen LogP contribution in [0.15, 0.2) is 12.1 Å². The Hall–Kier alpha value is -1.78. The topological polar surface area (TPSA) is 38.9 Å². The van der Waals surface area contributed by atoms with Crippen LogP contribution in [0, 0.1) is 17.5 Å². The molecule has 0 atom stereocenters. The highest BCUT2D eigenvalue weighted by Gasteiger charge is 2.16. The van der Waals surface area contributed by atoms with E-state index in [9.17, 15) is 13.2 Å². The first kappa shape index (κ1) is 11.7. The van der Waals surface area contributed by atoms with Crippen molar-refractivity contribution in [1.82, 2.24) is 4.98 Å². The van der Waals surface area contributed by atoms with Gasteiger partial charge in [0.15, 0.2) is 17.5 Å². The molecule has 0 amide bonds. The van der Waals surface area contributed by atoms with Crippen molar-refractivity contribution in [1.29, 1.82) is 0 Å². The third-order valence-electron chi connectivity index (χ3n) is 2.52. The first-order chi connectivity index (χ1) is 8.04. The van der Waals surface area contributed by atoms with Gasteiger partial charge in [0.2, 0.25) is 0 Å². The zero-order valence-electron chi connectivity index (χ0n) is 9.23. The van der Waals surface area contributed by atoms with E-state index in [0.29, 0.717) is 18.2 Å². The van der Waals surface area contributed by atoms with Crippen LogP contribution in [0.5, 0.6) is 0 Å². The van der Waals surface area contributed by atoms with Crippen LogP contribution in [0.4, 0.5) is 18.9 Å². The Morgan fingerprint density at radius 2 is 1.88 bits per heavy atom. The molecule has 0 aliphatic carbocycles. The highest BCUT2D eigenvalue weighted by Crippen LogP contribution is 2.28. The first-order valence-electron chi connectivity index (χ1n) is 5.27. The predicted octanol–water partition coefficient (Wildman–Crippen LogP) is 3.19. The summed E-state index contributed by atoms with van der Waals surface area (Å²) < 4.78 is 40.0. The number of halogens is 3. The van der Waals surface area contributed by atoms with Crippen molar-refractivity contribution in [2.75, 3.05) is 5.73 Å². The minimum Gasteiger partial charge on any atom is -0.398 e. The number of nitrogens with two attached hydrogens (primary N) is 1. The second-order valence-corrected chi connectivity index (χ2v) is 3.83. The molecule has 17 heavy (non-hydrogen) atoms. The third-order valence-corrected chi connectivity index (χ3v) is 2.52. The van der Waals surface area contributed by atoms with Gasteiger partial charge in [-0.3, -0.25) is 0 Å². The summed E-state index contributed by atoms with van der Waals surface area (Å²) in [6.45, 7) is 1.93. The number of nitrogen functional groups attached to an aromatic ring is 1. The fraction of sp³-hybridized carbons (Fsp3) is 0.250. The molecule has 0 spiro atoms. The lowest BCUT2D eigenvalue weighted by atomic mass is 10.1. The number of aromatic nitrogens is 1. The Morgan fingerprint density at radius 3 is 2.53 bits per heavy atom. The van der Waals surface area contributed by atoms with E-state index in [4.69, 9.17) is 5.73 Å². The van der Waals surface area contributed by atoms with Crippen molar-refractivity contribution >= 4 is 16.6 Å².